The van der Waals surface area contributed by atoms with E-state index in [4.69, 9.17) is 9.63 Å². The molecule has 0 aliphatic carbocycles. The van der Waals surface area contributed by atoms with E-state index < -0.39 is 6.09 Å². The number of carboxylic acid groups (broad SMARTS) is 1. The van der Waals surface area contributed by atoms with E-state index in [-0.39, 0.29) is 6.04 Å². The van der Waals surface area contributed by atoms with Crippen LogP contribution in [0.2, 0.25) is 0 Å². The van der Waals surface area contributed by atoms with E-state index >= 15 is 0 Å². The maximum Gasteiger partial charge on any atom is 0.407 e. The summed E-state index contributed by atoms with van der Waals surface area (Å²) in [6.07, 6.45) is 3.88. The summed E-state index contributed by atoms with van der Waals surface area (Å²) in [7, 11) is 0. The van der Waals surface area contributed by atoms with Gasteiger partial charge in [-0.05, 0) is 38.5 Å². The smallest absolute Gasteiger partial charge is 0.407 e. The molecule has 1 unspecified atom stereocenters. The zero-order valence-electron chi connectivity index (χ0n) is 15.6. The summed E-state index contributed by atoms with van der Waals surface area (Å²) in [5.74, 6) is 1.01. The molecule has 1 aliphatic heterocycles. The molecule has 142 valence electrons. The number of hydrogen-bond donors (Lipinski definition) is 1. The van der Waals surface area contributed by atoms with Gasteiger partial charge < -0.3 is 14.5 Å². The molecule has 0 bridgehead atoms. The van der Waals surface area contributed by atoms with Crippen LogP contribution < -0.4 is 0 Å². The Hall–Kier alpha value is -2.48. The fraction of sp³-hybridized carbons (Fsp3) is 0.556. The molecule has 1 aliphatic rings. The van der Waals surface area contributed by atoms with Gasteiger partial charge in [0.05, 0.1) is 6.04 Å². The maximum absolute atomic E-state index is 11.1. The van der Waals surface area contributed by atoms with Gasteiger partial charge in [-0.1, -0.05) is 25.9 Å². The van der Waals surface area contributed by atoms with E-state index in [0.717, 1.165) is 12.8 Å². The van der Waals surface area contributed by atoms with Crippen LogP contribution in [0.15, 0.2) is 29.0 Å². The molecule has 0 aromatic carbocycles. The Morgan fingerprint density at radius 3 is 2.46 bits per heavy atom. The Balaban J connectivity index is 0.000000298. The Morgan fingerprint density at radius 2 is 1.92 bits per heavy atom. The second kappa shape index (κ2) is 9.86. The van der Waals surface area contributed by atoms with E-state index in [2.05, 4.69) is 40.8 Å². The molecule has 1 saturated heterocycles. The van der Waals surface area contributed by atoms with Crippen molar-refractivity contribution in [3.05, 3.63) is 30.3 Å². The summed E-state index contributed by atoms with van der Waals surface area (Å²) in [5, 5.41) is 13.0. The highest BCUT2D eigenvalue weighted by molar-refractivity contribution is 5.66. The molecule has 1 atom stereocenters. The van der Waals surface area contributed by atoms with Crippen molar-refractivity contribution in [2.75, 3.05) is 26.2 Å². The Morgan fingerprint density at radius 1 is 1.27 bits per heavy atom. The molecule has 2 aromatic heterocycles. The van der Waals surface area contributed by atoms with Gasteiger partial charge in [0.15, 0.2) is 17.3 Å². The molecule has 3 rings (SSSR count). The lowest BCUT2D eigenvalue weighted by Crippen LogP contribution is -2.28. The number of amides is 1. The minimum absolute atomic E-state index is 0.262. The number of aromatic nitrogens is 3. The zero-order chi connectivity index (χ0) is 18.9. The van der Waals surface area contributed by atoms with Crippen LogP contribution in [0, 0.1) is 0 Å². The van der Waals surface area contributed by atoms with Crippen molar-refractivity contribution in [3.8, 4) is 11.5 Å². The average Bonchev–Trinajstić information content (AvgIpc) is 3.34. The van der Waals surface area contributed by atoms with Crippen LogP contribution >= 0.6 is 0 Å². The topological polar surface area (TPSA) is 95.6 Å². The first kappa shape index (κ1) is 19.8. The van der Waals surface area contributed by atoms with Crippen LogP contribution in [-0.4, -0.2) is 62.3 Å². The maximum atomic E-state index is 11.1. The van der Waals surface area contributed by atoms with Crippen molar-refractivity contribution >= 4 is 6.09 Å². The van der Waals surface area contributed by atoms with Gasteiger partial charge in [-0.3, -0.25) is 4.90 Å². The minimum Gasteiger partial charge on any atom is -0.465 e. The third kappa shape index (κ3) is 5.01. The molecular weight excluding hydrogens is 334 g/mol. The Bertz CT molecular complexity index is 667. The predicted molar refractivity (Wildman–Crippen MR) is 97.7 cm³/mol. The number of nitrogens with zero attached hydrogens (tertiary/aromatic N) is 5. The molecule has 2 aromatic rings. The summed E-state index contributed by atoms with van der Waals surface area (Å²) in [6.45, 7) is 10.7. The average molecular weight is 361 g/mol. The van der Waals surface area contributed by atoms with Crippen molar-refractivity contribution in [1.29, 1.82) is 0 Å². The zero-order valence-corrected chi connectivity index (χ0v) is 15.6. The van der Waals surface area contributed by atoms with Crippen molar-refractivity contribution < 1.29 is 14.4 Å². The third-order valence-corrected chi connectivity index (χ3v) is 4.49. The van der Waals surface area contributed by atoms with Gasteiger partial charge in [-0.2, -0.15) is 0 Å². The molecule has 0 saturated carbocycles. The predicted octanol–water partition coefficient (Wildman–Crippen LogP) is 3.29. The molecule has 8 heteroatoms. The highest BCUT2D eigenvalue weighted by Crippen LogP contribution is 2.33. The molecule has 8 nitrogen and oxygen atoms in total. The first-order valence-corrected chi connectivity index (χ1v) is 9.06. The van der Waals surface area contributed by atoms with E-state index in [1.807, 2.05) is 0 Å². The van der Waals surface area contributed by atoms with Crippen LogP contribution in [0.3, 0.4) is 0 Å². The van der Waals surface area contributed by atoms with Gasteiger partial charge in [0, 0.05) is 25.0 Å². The molecule has 1 fully saturated rings. The van der Waals surface area contributed by atoms with E-state index in [9.17, 15) is 4.79 Å². The standard InChI is InChI=1S/C12H12N4O3.C6H15N/c17-12(18)16-6-1-3-9(16)10-7-8(15-19-10)11-13-4-2-5-14-11;1-4-7(5-2)6-3/h2,4-5,7,9H,1,3,6H2,(H,17,18);4-6H2,1-3H3. The van der Waals surface area contributed by atoms with Crippen molar-refractivity contribution in [2.24, 2.45) is 0 Å². The lowest BCUT2D eigenvalue weighted by molar-refractivity contribution is 0.133. The molecule has 0 spiro atoms. The molecular formula is C18H27N5O3. The van der Waals surface area contributed by atoms with Gasteiger partial charge in [0.25, 0.3) is 0 Å². The van der Waals surface area contributed by atoms with Crippen molar-refractivity contribution in [2.45, 2.75) is 39.7 Å². The second-order valence-electron chi connectivity index (χ2n) is 5.94. The summed E-state index contributed by atoms with van der Waals surface area (Å²) in [4.78, 5) is 23.0. The van der Waals surface area contributed by atoms with Crippen LogP contribution in [0.1, 0.15) is 45.4 Å². The van der Waals surface area contributed by atoms with Crippen molar-refractivity contribution in [3.63, 3.8) is 0 Å². The van der Waals surface area contributed by atoms with Gasteiger partial charge >= 0.3 is 6.09 Å². The second-order valence-corrected chi connectivity index (χ2v) is 5.94. The normalized spacial score (nSPS) is 16.5. The number of likely N-dealkylation sites (tertiary alicyclic amines) is 1. The van der Waals surface area contributed by atoms with Crippen molar-refractivity contribution in [1.82, 2.24) is 24.9 Å². The largest absolute Gasteiger partial charge is 0.465 e. The molecule has 1 N–H and O–H groups in total. The highest BCUT2D eigenvalue weighted by atomic mass is 16.5. The fourth-order valence-corrected chi connectivity index (χ4v) is 2.95. The van der Waals surface area contributed by atoms with Gasteiger partial charge in [0.1, 0.15) is 0 Å². The SMILES string of the molecule is CCN(CC)CC.O=C(O)N1CCCC1c1cc(-c2ncccn2)no1. The van der Waals surface area contributed by atoms with Gasteiger partial charge in [-0.25, -0.2) is 14.8 Å². The van der Waals surface area contributed by atoms with Gasteiger partial charge in [-0.15, -0.1) is 0 Å². The summed E-state index contributed by atoms with van der Waals surface area (Å²) >= 11 is 0. The van der Waals surface area contributed by atoms with Crippen LogP contribution in [0.25, 0.3) is 11.5 Å². The lowest BCUT2D eigenvalue weighted by atomic mass is 10.1. The summed E-state index contributed by atoms with van der Waals surface area (Å²) < 4.78 is 5.25. The Kier molecular flexibility index (Phi) is 7.53. The minimum atomic E-state index is -0.934. The monoisotopic (exact) mass is 361 g/mol. The molecule has 0 radical (unpaired) electrons. The third-order valence-electron chi connectivity index (χ3n) is 4.49. The van der Waals surface area contributed by atoms with Crippen LogP contribution in [-0.2, 0) is 0 Å². The lowest BCUT2D eigenvalue weighted by Gasteiger charge is -2.18. The summed E-state index contributed by atoms with van der Waals surface area (Å²) in [5.41, 5.74) is 0.521. The van der Waals surface area contributed by atoms with Gasteiger partial charge in [0.2, 0.25) is 0 Å². The number of rotatable bonds is 5. The number of carbonyl (C=O) groups is 1. The van der Waals surface area contributed by atoms with E-state index in [1.54, 1.807) is 24.5 Å². The molecule has 3 heterocycles. The van der Waals surface area contributed by atoms with Crippen LogP contribution in [0.4, 0.5) is 4.79 Å². The highest BCUT2D eigenvalue weighted by Gasteiger charge is 2.32. The molecule has 1 amide bonds. The van der Waals surface area contributed by atoms with E-state index in [0.29, 0.717) is 23.8 Å². The van der Waals surface area contributed by atoms with Crippen LogP contribution in [0.5, 0.6) is 0 Å². The number of hydrogen-bond acceptors (Lipinski definition) is 6. The summed E-state index contributed by atoms with van der Waals surface area (Å²) in [6, 6.07) is 3.16. The fourth-order valence-electron chi connectivity index (χ4n) is 2.95. The quantitative estimate of drug-likeness (QED) is 0.873. The van der Waals surface area contributed by atoms with E-state index in [1.165, 1.54) is 24.5 Å². The Labute approximate surface area is 153 Å². The first-order valence-electron chi connectivity index (χ1n) is 9.06. The first-order chi connectivity index (χ1) is 12.6. The molecule has 26 heavy (non-hydrogen) atoms.